The van der Waals surface area contributed by atoms with Crippen LogP contribution in [0.4, 0.5) is 14.3 Å². The van der Waals surface area contributed by atoms with Crippen molar-refractivity contribution in [3.05, 3.63) is 91.6 Å². The Morgan fingerprint density at radius 2 is 1.76 bits per heavy atom. The fourth-order valence-corrected chi connectivity index (χ4v) is 4.68. The van der Waals surface area contributed by atoms with Crippen LogP contribution >= 0.6 is 0 Å². The molecular formula is C27H26BF2N5O2. The lowest BCUT2D eigenvalue weighted by Gasteiger charge is -2.21. The summed E-state index contributed by atoms with van der Waals surface area (Å²) < 4.78 is 29.9. The van der Waals surface area contributed by atoms with E-state index in [1.807, 2.05) is 24.3 Å². The highest BCUT2D eigenvalue weighted by Gasteiger charge is 2.31. The second-order valence-electron chi connectivity index (χ2n) is 8.61. The van der Waals surface area contributed by atoms with Crippen LogP contribution in [0, 0.1) is 13.8 Å². The molecule has 3 aromatic rings. The van der Waals surface area contributed by atoms with Crippen molar-refractivity contribution in [1.82, 2.24) is 4.48 Å². The third kappa shape index (κ3) is 4.88. The van der Waals surface area contributed by atoms with E-state index < -0.39 is 7.40 Å². The van der Waals surface area contributed by atoms with Gasteiger partial charge in [-0.05, 0) is 85.3 Å². The van der Waals surface area contributed by atoms with Crippen molar-refractivity contribution in [1.29, 1.82) is 0 Å². The first-order valence-electron chi connectivity index (χ1n) is 11.5. The fourth-order valence-electron chi connectivity index (χ4n) is 4.68. The van der Waals surface area contributed by atoms with E-state index in [-0.39, 0.29) is 17.0 Å². The minimum atomic E-state index is -2.94. The van der Waals surface area contributed by atoms with Gasteiger partial charge in [-0.2, -0.15) is 0 Å². The number of hydrogen-bond donors (Lipinski definition) is 0. The number of benzene rings is 2. The van der Waals surface area contributed by atoms with Crippen molar-refractivity contribution >= 4 is 47.7 Å². The molecule has 0 saturated heterocycles. The van der Waals surface area contributed by atoms with Crippen molar-refractivity contribution in [2.75, 3.05) is 7.05 Å². The van der Waals surface area contributed by atoms with Gasteiger partial charge in [-0.15, -0.1) is 0 Å². The predicted molar refractivity (Wildman–Crippen MR) is 145 cm³/mol. The average molecular weight is 501 g/mol. The Morgan fingerprint density at radius 1 is 1.08 bits per heavy atom. The number of fused-ring (bicyclic) bond motifs is 1. The second-order valence-corrected chi connectivity index (χ2v) is 8.61. The first-order chi connectivity index (χ1) is 17.6. The Bertz CT molecular complexity index is 1560. The summed E-state index contributed by atoms with van der Waals surface area (Å²) >= 11 is 0. The van der Waals surface area contributed by atoms with Crippen LogP contribution in [0.2, 0.25) is 0 Å². The smallest absolute Gasteiger partial charge is 0.328 e. The number of hydrogen-bond acceptors (Lipinski definition) is 4. The van der Waals surface area contributed by atoms with Crippen LogP contribution in [-0.4, -0.2) is 37.2 Å². The number of aromatic nitrogens is 1. The molecule has 0 bridgehead atoms. The molecule has 1 aromatic heterocycles. The van der Waals surface area contributed by atoms with E-state index in [4.69, 9.17) is 5.53 Å². The van der Waals surface area contributed by atoms with Gasteiger partial charge >= 0.3 is 7.40 Å². The number of aldehydes is 2. The maximum Gasteiger partial charge on any atom is 0.677 e. The molecule has 188 valence electrons. The monoisotopic (exact) mass is 501 g/mol. The number of carbonyl (C=O) groups excluding carboxylic acids is 2. The van der Waals surface area contributed by atoms with Crippen molar-refractivity contribution in [3.63, 3.8) is 0 Å². The van der Waals surface area contributed by atoms with Gasteiger partial charge < -0.3 is 4.48 Å². The average Bonchev–Trinajstić information content (AvgIpc) is 3.13. The number of azide groups is 1. The summed E-state index contributed by atoms with van der Waals surface area (Å²) in [7, 11) is -1.38. The molecule has 0 N–H and O–H groups in total. The molecule has 0 aliphatic heterocycles. The van der Waals surface area contributed by atoms with Crippen LogP contribution in [-0.2, 0) is 4.79 Å². The maximum absolute atomic E-state index is 14.6. The quantitative estimate of drug-likeness (QED) is 0.0476. The molecule has 7 nitrogen and oxygen atoms in total. The van der Waals surface area contributed by atoms with E-state index in [2.05, 4.69) is 15.0 Å². The van der Waals surface area contributed by atoms with E-state index in [1.54, 1.807) is 46.9 Å². The van der Waals surface area contributed by atoms with Gasteiger partial charge in [-0.3, -0.25) is 23.2 Å². The van der Waals surface area contributed by atoms with Crippen LogP contribution in [0.25, 0.3) is 26.8 Å². The van der Waals surface area contributed by atoms with E-state index in [0.717, 1.165) is 15.3 Å². The Morgan fingerprint density at radius 3 is 2.32 bits per heavy atom. The highest BCUT2D eigenvalue weighted by Crippen LogP contribution is 2.41. The topological polar surface area (TPSA) is 100 Å². The summed E-state index contributed by atoms with van der Waals surface area (Å²) in [5.74, 6) is 0. The van der Waals surface area contributed by atoms with Crippen molar-refractivity contribution in [2.24, 2.45) is 10.1 Å². The largest absolute Gasteiger partial charge is 0.677 e. The van der Waals surface area contributed by atoms with Crippen molar-refractivity contribution in [2.45, 2.75) is 34.6 Å². The third-order valence-corrected chi connectivity index (χ3v) is 6.76. The van der Waals surface area contributed by atoms with Crippen molar-refractivity contribution < 1.29 is 18.2 Å². The van der Waals surface area contributed by atoms with Gasteiger partial charge in [0.2, 0.25) is 0 Å². The van der Waals surface area contributed by atoms with Crippen LogP contribution < -0.4 is 0 Å². The molecular weight excluding hydrogens is 475 g/mol. The van der Waals surface area contributed by atoms with Gasteiger partial charge in [0.15, 0.2) is 12.6 Å². The summed E-state index contributed by atoms with van der Waals surface area (Å²) in [6.45, 7) is 8.26. The van der Waals surface area contributed by atoms with Crippen LogP contribution in [0.15, 0.2) is 63.2 Å². The Hall–Kier alpha value is -4.30. The molecule has 3 rings (SSSR count). The summed E-state index contributed by atoms with van der Waals surface area (Å²) in [6.07, 6.45) is 1.26. The molecule has 0 radical (unpaired) electrons. The molecule has 0 amide bonds. The molecule has 0 atom stereocenters. The highest BCUT2D eigenvalue weighted by molar-refractivity contribution is 6.42. The lowest BCUT2D eigenvalue weighted by molar-refractivity contribution is -0.104. The molecule has 37 heavy (non-hydrogen) atoms. The number of carbonyl (C=O) groups is 2. The summed E-state index contributed by atoms with van der Waals surface area (Å²) in [6, 6.07) is 10.7. The van der Waals surface area contributed by atoms with Gasteiger partial charge in [0.25, 0.3) is 0 Å². The summed E-state index contributed by atoms with van der Waals surface area (Å²) in [4.78, 5) is 31.0. The Kier molecular flexibility index (Phi) is 8.25. The Balaban J connectivity index is 2.69. The molecule has 2 aromatic carbocycles. The first kappa shape index (κ1) is 27.3. The van der Waals surface area contributed by atoms with Gasteiger partial charge in [0, 0.05) is 51.5 Å². The molecule has 10 heteroatoms. The van der Waals surface area contributed by atoms with Crippen LogP contribution in [0.5, 0.6) is 0 Å². The zero-order chi connectivity index (χ0) is 27.4. The molecule has 0 saturated carbocycles. The fraction of sp³-hybridized carbons (Fsp3) is 0.222. The van der Waals surface area contributed by atoms with Gasteiger partial charge in [-0.1, -0.05) is 29.4 Å². The third-order valence-electron chi connectivity index (χ3n) is 6.76. The molecule has 1 heterocycles. The molecule has 0 unspecified atom stereocenters. The standard InChI is InChI=1S/C27H26BF2N5O2/c1-15(24(13-36)18(4)32-6)16(2)26(27-17(3)25(14-37)19(5)35(27)28(29)30)23-12-21(33-34-31)11-20-9-7-8-10-22(20)23/h7-14H,1-6H3/b24-15-,26-16+,32-18+. The molecule has 0 fully saturated rings. The number of allylic oxidation sites excluding steroid dienone is 3. The van der Waals surface area contributed by atoms with E-state index in [9.17, 15) is 18.2 Å². The van der Waals surface area contributed by atoms with Crippen LogP contribution in [0.1, 0.15) is 53.6 Å². The lowest BCUT2D eigenvalue weighted by atomic mass is 9.86. The molecule has 0 aliphatic carbocycles. The summed E-state index contributed by atoms with van der Waals surface area (Å²) in [5.41, 5.74) is 13.0. The first-order valence-corrected chi connectivity index (χ1v) is 11.5. The van der Waals surface area contributed by atoms with E-state index in [1.165, 1.54) is 6.92 Å². The van der Waals surface area contributed by atoms with Gasteiger partial charge in [0.1, 0.15) is 0 Å². The molecule has 0 spiro atoms. The van der Waals surface area contributed by atoms with Gasteiger partial charge in [0.05, 0.1) is 0 Å². The number of halogens is 2. The number of nitrogens with zero attached hydrogens (tertiary/aromatic N) is 5. The number of rotatable bonds is 8. The lowest BCUT2D eigenvalue weighted by Crippen LogP contribution is -2.19. The van der Waals surface area contributed by atoms with Gasteiger partial charge in [-0.25, -0.2) is 0 Å². The predicted octanol–water partition coefficient (Wildman–Crippen LogP) is 7.21. The van der Waals surface area contributed by atoms with E-state index in [0.29, 0.717) is 57.4 Å². The van der Waals surface area contributed by atoms with Crippen LogP contribution in [0.3, 0.4) is 0 Å². The van der Waals surface area contributed by atoms with Crippen molar-refractivity contribution in [3.8, 4) is 0 Å². The summed E-state index contributed by atoms with van der Waals surface area (Å²) in [5, 5.41) is 5.23. The maximum atomic E-state index is 14.6. The zero-order valence-electron chi connectivity index (χ0n) is 21.5. The second kappa shape index (κ2) is 11.2. The highest BCUT2D eigenvalue weighted by atomic mass is 19.2. The minimum absolute atomic E-state index is 0.127. The SMILES string of the molecule is C/N=C(C)/C(C=O)=C(C)\C(C)=C(/c1cc(N=[N+]=[N-])cc2ccccc12)c1c(C)c(C=O)c(C)n1B(F)F. The Labute approximate surface area is 214 Å². The molecule has 0 aliphatic rings. The zero-order valence-corrected chi connectivity index (χ0v) is 21.5. The normalized spacial score (nSPS) is 13.0. The van der Waals surface area contributed by atoms with E-state index >= 15 is 0 Å². The number of aliphatic imine (C=N–C) groups is 1. The minimum Gasteiger partial charge on any atom is -0.328 e.